The zero-order valence-corrected chi connectivity index (χ0v) is 12.2. The third kappa shape index (κ3) is 3.09. The van der Waals surface area contributed by atoms with Gasteiger partial charge in [-0.1, -0.05) is 17.7 Å². The highest BCUT2D eigenvalue weighted by Crippen LogP contribution is 2.34. The number of methoxy groups -OCH3 is 2. The lowest BCUT2D eigenvalue weighted by Crippen LogP contribution is -2.14. The van der Waals surface area contributed by atoms with E-state index in [0.717, 1.165) is 0 Å². The first kappa shape index (κ1) is 15.5. The van der Waals surface area contributed by atoms with Crippen LogP contribution in [-0.2, 0) is 0 Å². The fraction of sp³-hybridized carbons (Fsp3) is 0.200. The molecule has 0 amide bonds. The molecule has 0 spiro atoms. The first-order valence-electron chi connectivity index (χ1n) is 6.10. The summed E-state index contributed by atoms with van der Waals surface area (Å²) in [6, 6.07) is 5.88. The molecule has 6 heteroatoms. The van der Waals surface area contributed by atoms with Crippen molar-refractivity contribution in [3.05, 3.63) is 58.1 Å². The fourth-order valence-corrected chi connectivity index (χ4v) is 2.11. The van der Waals surface area contributed by atoms with Crippen LogP contribution >= 0.6 is 11.6 Å². The van der Waals surface area contributed by atoms with Crippen molar-refractivity contribution in [2.45, 2.75) is 6.04 Å². The molecule has 0 aromatic heterocycles. The van der Waals surface area contributed by atoms with Crippen molar-refractivity contribution in [2.75, 3.05) is 14.2 Å². The van der Waals surface area contributed by atoms with Crippen LogP contribution in [0.3, 0.4) is 0 Å². The topological polar surface area (TPSA) is 44.5 Å². The Morgan fingerprint density at radius 3 is 2.19 bits per heavy atom. The maximum atomic E-state index is 14.1. The molecule has 2 rings (SSSR count). The predicted octanol–water partition coefficient (Wildman–Crippen LogP) is 3.68. The summed E-state index contributed by atoms with van der Waals surface area (Å²) in [6.07, 6.45) is 0. The number of hydrogen-bond acceptors (Lipinski definition) is 3. The third-order valence-corrected chi connectivity index (χ3v) is 3.45. The third-order valence-electron chi connectivity index (χ3n) is 3.14. The zero-order chi connectivity index (χ0) is 15.6. The lowest BCUT2D eigenvalue weighted by Gasteiger charge is -2.16. The minimum Gasteiger partial charge on any atom is -0.493 e. The van der Waals surface area contributed by atoms with Crippen molar-refractivity contribution < 1.29 is 18.3 Å². The summed E-state index contributed by atoms with van der Waals surface area (Å²) in [5, 5.41) is -0.0151. The first-order chi connectivity index (χ1) is 9.97. The lowest BCUT2D eigenvalue weighted by molar-refractivity contribution is 0.351. The Kier molecular flexibility index (Phi) is 4.65. The van der Waals surface area contributed by atoms with Crippen LogP contribution in [-0.4, -0.2) is 14.2 Å². The average Bonchev–Trinajstić information content (AvgIpc) is 2.49. The highest BCUT2D eigenvalue weighted by atomic mass is 35.5. The summed E-state index contributed by atoms with van der Waals surface area (Å²) in [6.45, 7) is 0. The molecular weight excluding hydrogens is 300 g/mol. The van der Waals surface area contributed by atoms with Crippen molar-refractivity contribution in [3.63, 3.8) is 0 Å². The van der Waals surface area contributed by atoms with Gasteiger partial charge < -0.3 is 15.2 Å². The molecule has 112 valence electrons. The molecular formula is C15H14ClF2NO2. The molecule has 0 radical (unpaired) electrons. The Morgan fingerprint density at radius 1 is 1.00 bits per heavy atom. The van der Waals surface area contributed by atoms with Gasteiger partial charge in [-0.2, -0.15) is 0 Å². The fourth-order valence-electron chi connectivity index (χ4n) is 1.99. The van der Waals surface area contributed by atoms with E-state index >= 15 is 0 Å². The number of benzene rings is 2. The maximum Gasteiger partial charge on any atom is 0.163 e. The van der Waals surface area contributed by atoms with E-state index in [1.165, 1.54) is 38.5 Å². The first-order valence-corrected chi connectivity index (χ1v) is 6.47. The van der Waals surface area contributed by atoms with Crippen LogP contribution in [0.4, 0.5) is 8.78 Å². The molecule has 1 atom stereocenters. The van der Waals surface area contributed by atoms with Gasteiger partial charge in [-0.25, -0.2) is 8.78 Å². The lowest BCUT2D eigenvalue weighted by atomic mass is 9.98. The normalized spacial score (nSPS) is 12.1. The van der Waals surface area contributed by atoms with Gasteiger partial charge in [0.25, 0.3) is 0 Å². The maximum absolute atomic E-state index is 14.1. The average molecular weight is 314 g/mol. The molecule has 2 N–H and O–H groups in total. The molecule has 0 saturated carbocycles. The summed E-state index contributed by atoms with van der Waals surface area (Å²) in [4.78, 5) is 0. The molecule has 1 unspecified atom stereocenters. The SMILES string of the molecule is COc1cc(F)c(C(N)c2ccc(Cl)c(F)c2)cc1OC. The molecule has 21 heavy (non-hydrogen) atoms. The second-order valence-corrected chi connectivity index (χ2v) is 4.79. The van der Waals surface area contributed by atoms with Crippen molar-refractivity contribution in [3.8, 4) is 11.5 Å². The quantitative estimate of drug-likeness (QED) is 0.936. The van der Waals surface area contributed by atoms with Crippen LogP contribution < -0.4 is 15.2 Å². The molecule has 2 aromatic rings. The molecule has 0 aliphatic rings. The van der Waals surface area contributed by atoms with E-state index in [1.54, 1.807) is 6.07 Å². The molecule has 0 saturated heterocycles. The van der Waals surface area contributed by atoms with E-state index in [0.29, 0.717) is 11.3 Å². The molecule has 0 fully saturated rings. The zero-order valence-electron chi connectivity index (χ0n) is 11.5. The summed E-state index contributed by atoms with van der Waals surface area (Å²) < 4.78 is 37.8. The smallest absolute Gasteiger partial charge is 0.163 e. The van der Waals surface area contributed by atoms with E-state index in [1.807, 2.05) is 0 Å². The molecule has 2 aromatic carbocycles. The van der Waals surface area contributed by atoms with E-state index in [2.05, 4.69) is 0 Å². The minimum absolute atomic E-state index is 0.0151. The molecule has 0 bridgehead atoms. The molecule has 3 nitrogen and oxygen atoms in total. The van der Waals surface area contributed by atoms with Gasteiger partial charge >= 0.3 is 0 Å². The summed E-state index contributed by atoms with van der Waals surface area (Å²) in [5.41, 5.74) is 6.59. The molecule has 0 heterocycles. The van der Waals surface area contributed by atoms with E-state index < -0.39 is 17.7 Å². The second kappa shape index (κ2) is 6.28. The Bertz CT molecular complexity index is 664. The van der Waals surface area contributed by atoms with Crippen LogP contribution in [0.25, 0.3) is 0 Å². The van der Waals surface area contributed by atoms with Crippen molar-refractivity contribution in [2.24, 2.45) is 5.73 Å². The van der Waals surface area contributed by atoms with Gasteiger partial charge in [0, 0.05) is 11.6 Å². The van der Waals surface area contributed by atoms with Crippen LogP contribution in [0.2, 0.25) is 5.02 Å². The summed E-state index contributed by atoms with van der Waals surface area (Å²) in [7, 11) is 2.85. The van der Waals surface area contributed by atoms with Crippen molar-refractivity contribution in [1.29, 1.82) is 0 Å². The van der Waals surface area contributed by atoms with Crippen LogP contribution in [0.15, 0.2) is 30.3 Å². The monoisotopic (exact) mass is 313 g/mol. The highest BCUT2D eigenvalue weighted by molar-refractivity contribution is 6.30. The standard InChI is InChI=1S/C15H14ClF2NO2/c1-20-13-6-9(11(17)7-14(13)21-2)15(19)8-3-4-10(16)12(18)5-8/h3-7,15H,19H2,1-2H3. The number of hydrogen-bond donors (Lipinski definition) is 1. The van der Waals surface area contributed by atoms with Crippen LogP contribution in [0.1, 0.15) is 17.2 Å². The molecule has 0 aliphatic carbocycles. The Morgan fingerprint density at radius 2 is 1.62 bits per heavy atom. The van der Waals surface area contributed by atoms with Crippen molar-refractivity contribution in [1.82, 2.24) is 0 Å². The Hall–Kier alpha value is -1.85. The minimum atomic E-state index is -0.850. The largest absolute Gasteiger partial charge is 0.493 e. The second-order valence-electron chi connectivity index (χ2n) is 4.38. The van der Waals surface area contributed by atoms with E-state index in [-0.39, 0.29) is 16.3 Å². The van der Waals surface area contributed by atoms with E-state index in [9.17, 15) is 8.78 Å². The summed E-state index contributed by atoms with van der Waals surface area (Å²) >= 11 is 5.62. The highest BCUT2D eigenvalue weighted by Gasteiger charge is 2.19. The van der Waals surface area contributed by atoms with Gasteiger partial charge in [0.2, 0.25) is 0 Å². The van der Waals surface area contributed by atoms with Gasteiger partial charge in [-0.05, 0) is 23.8 Å². The summed E-state index contributed by atoms with van der Waals surface area (Å²) in [5.74, 6) is -0.562. The van der Waals surface area contributed by atoms with Gasteiger partial charge in [-0.3, -0.25) is 0 Å². The van der Waals surface area contributed by atoms with Gasteiger partial charge in [-0.15, -0.1) is 0 Å². The number of nitrogens with two attached hydrogens (primary N) is 1. The Labute approximate surface area is 126 Å². The van der Waals surface area contributed by atoms with E-state index in [4.69, 9.17) is 26.8 Å². The van der Waals surface area contributed by atoms with Crippen LogP contribution in [0, 0.1) is 11.6 Å². The molecule has 0 aliphatic heterocycles. The number of ether oxygens (including phenoxy) is 2. The number of halogens is 3. The van der Waals surface area contributed by atoms with Crippen molar-refractivity contribution >= 4 is 11.6 Å². The van der Waals surface area contributed by atoms with Gasteiger partial charge in [0.1, 0.15) is 11.6 Å². The number of rotatable bonds is 4. The van der Waals surface area contributed by atoms with Gasteiger partial charge in [0.05, 0.1) is 25.3 Å². The Balaban J connectivity index is 2.47. The van der Waals surface area contributed by atoms with Crippen LogP contribution in [0.5, 0.6) is 11.5 Å². The predicted molar refractivity (Wildman–Crippen MR) is 76.9 cm³/mol. The van der Waals surface area contributed by atoms with Gasteiger partial charge in [0.15, 0.2) is 11.5 Å².